The molecule has 0 unspecified atom stereocenters. The molecule has 0 spiro atoms. The number of hydrogen-bond acceptors (Lipinski definition) is 3. The molecule has 0 radical (unpaired) electrons. The van der Waals surface area contributed by atoms with Gasteiger partial charge in [-0.25, -0.2) is 4.79 Å². The molecule has 0 saturated heterocycles. The fourth-order valence-corrected chi connectivity index (χ4v) is 1.31. The van der Waals surface area contributed by atoms with Crippen LogP contribution in [0.1, 0.15) is 47.5 Å². The summed E-state index contributed by atoms with van der Waals surface area (Å²) >= 11 is 0. The van der Waals surface area contributed by atoms with Crippen molar-refractivity contribution < 1.29 is 9.53 Å². The summed E-state index contributed by atoms with van der Waals surface area (Å²) in [4.78, 5) is 11.6. The first-order valence-corrected chi connectivity index (χ1v) is 5.92. The third-order valence-electron chi connectivity index (χ3n) is 2.25. The summed E-state index contributed by atoms with van der Waals surface area (Å²) in [6.07, 6.45) is 2.15. The summed E-state index contributed by atoms with van der Waals surface area (Å²) in [5.74, 6) is 0. The van der Waals surface area contributed by atoms with Gasteiger partial charge in [-0.3, -0.25) is 0 Å². The quantitative estimate of drug-likeness (QED) is 0.774. The van der Waals surface area contributed by atoms with Gasteiger partial charge in [0, 0.05) is 12.6 Å². The van der Waals surface area contributed by atoms with Gasteiger partial charge in [0.2, 0.25) is 0 Å². The van der Waals surface area contributed by atoms with Gasteiger partial charge in [0.15, 0.2) is 0 Å². The van der Waals surface area contributed by atoms with E-state index >= 15 is 0 Å². The molecule has 4 heteroatoms. The van der Waals surface area contributed by atoms with E-state index in [9.17, 15) is 4.79 Å². The van der Waals surface area contributed by atoms with Crippen LogP contribution < -0.4 is 10.6 Å². The van der Waals surface area contributed by atoms with Crippen molar-refractivity contribution in [1.29, 1.82) is 0 Å². The summed E-state index contributed by atoms with van der Waals surface area (Å²) < 4.78 is 5.22. The number of amides is 1. The van der Waals surface area contributed by atoms with Crippen molar-refractivity contribution in [2.24, 2.45) is 0 Å². The van der Waals surface area contributed by atoms with Crippen LogP contribution in [-0.4, -0.2) is 29.8 Å². The first-order valence-electron chi connectivity index (χ1n) is 5.92. The first-order chi connectivity index (χ1) is 7.18. The van der Waals surface area contributed by atoms with Crippen LogP contribution in [0.4, 0.5) is 4.79 Å². The molecule has 1 aliphatic carbocycles. The van der Waals surface area contributed by atoms with E-state index in [0.717, 1.165) is 6.54 Å². The molecule has 4 nitrogen and oxygen atoms in total. The molecule has 2 N–H and O–H groups in total. The van der Waals surface area contributed by atoms with E-state index in [4.69, 9.17) is 4.74 Å². The van der Waals surface area contributed by atoms with E-state index in [1.54, 1.807) is 0 Å². The van der Waals surface area contributed by atoms with Crippen LogP contribution in [0.2, 0.25) is 0 Å². The zero-order valence-electron chi connectivity index (χ0n) is 11.0. The average molecular weight is 228 g/mol. The maximum absolute atomic E-state index is 11.6. The molecule has 16 heavy (non-hydrogen) atoms. The summed E-state index contributed by atoms with van der Waals surface area (Å²) in [5, 5.41) is 6.27. The van der Waals surface area contributed by atoms with Crippen LogP contribution >= 0.6 is 0 Å². The molecule has 0 aromatic heterocycles. The average Bonchev–Trinajstić information content (AvgIpc) is 2.77. The van der Waals surface area contributed by atoms with Crippen molar-refractivity contribution in [3.8, 4) is 0 Å². The van der Waals surface area contributed by atoms with E-state index in [1.807, 2.05) is 34.6 Å². The zero-order valence-corrected chi connectivity index (χ0v) is 11.0. The van der Waals surface area contributed by atoms with Crippen molar-refractivity contribution in [3.63, 3.8) is 0 Å². The van der Waals surface area contributed by atoms with E-state index in [1.165, 1.54) is 12.8 Å². The second-order valence-electron chi connectivity index (χ2n) is 6.17. The number of rotatable bonds is 4. The summed E-state index contributed by atoms with van der Waals surface area (Å²) in [5.41, 5.74) is -0.713. The molecule has 1 aliphatic rings. The maximum Gasteiger partial charge on any atom is 0.408 e. The van der Waals surface area contributed by atoms with Crippen LogP contribution in [0.5, 0.6) is 0 Å². The molecular weight excluding hydrogens is 204 g/mol. The van der Waals surface area contributed by atoms with Gasteiger partial charge in [0.25, 0.3) is 0 Å². The molecule has 0 aliphatic heterocycles. The fraction of sp³-hybridized carbons (Fsp3) is 0.917. The second kappa shape index (κ2) is 4.62. The lowest BCUT2D eigenvalue weighted by Crippen LogP contribution is -2.52. The molecule has 0 heterocycles. The minimum Gasteiger partial charge on any atom is -0.444 e. The Labute approximate surface area is 98.1 Å². The van der Waals surface area contributed by atoms with Crippen molar-refractivity contribution in [2.75, 3.05) is 6.54 Å². The van der Waals surface area contributed by atoms with Crippen LogP contribution in [0.25, 0.3) is 0 Å². The lowest BCUT2D eigenvalue weighted by atomic mass is 10.1. The van der Waals surface area contributed by atoms with Crippen LogP contribution in [0.15, 0.2) is 0 Å². The number of hydrogen-bond donors (Lipinski definition) is 2. The Balaban J connectivity index is 2.29. The highest BCUT2D eigenvalue weighted by molar-refractivity contribution is 5.68. The van der Waals surface area contributed by atoms with Gasteiger partial charge < -0.3 is 15.4 Å². The zero-order chi connectivity index (χ0) is 12.4. The first kappa shape index (κ1) is 13.3. The molecule has 0 aromatic carbocycles. The number of carbonyl (C=O) groups is 1. The van der Waals surface area contributed by atoms with Gasteiger partial charge in [-0.15, -0.1) is 0 Å². The van der Waals surface area contributed by atoms with Crippen LogP contribution in [0.3, 0.4) is 0 Å². The SMILES string of the molecule is CC(C)(CNC1CC1)NC(=O)OC(C)(C)C. The molecule has 1 rings (SSSR count). The Morgan fingerprint density at radius 3 is 2.25 bits per heavy atom. The molecule has 0 atom stereocenters. The normalized spacial score (nSPS) is 17.1. The predicted molar refractivity (Wildman–Crippen MR) is 64.5 cm³/mol. The van der Waals surface area contributed by atoms with Gasteiger partial charge in [0.1, 0.15) is 5.60 Å². The molecule has 1 saturated carbocycles. The van der Waals surface area contributed by atoms with Crippen molar-refractivity contribution in [1.82, 2.24) is 10.6 Å². The molecule has 0 bridgehead atoms. The number of alkyl carbamates (subject to hydrolysis) is 1. The van der Waals surface area contributed by atoms with Crippen LogP contribution in [0, 0.1) is 0 Å². The highest BCUT2D eigenvalue weighted by atomic mass is 16.6. The van der Waals surface area contributed by atoms with Gasteiger partial charge in [-0.1, -0.05) is 0 Å². The van der Waals surface area contributed by atoms with Gasteiger partial charge in [-0.2, -0.15) is 0 Å². The molecule has 94 valence electrons. The fourth-order valence-electron chi connectivity index (χ4n) is 1.31. The Morgan fingerprint density at radius 1 is 1.25 bits per heavy atom. The van der Waals surface area contributed by atoms with Gasteiger partial charge in [-0.05, 0) is 47.5 Å². The highest BCUT2D eigenvalue weighted by Gasteiger charge is 2.27. The highest BCUT2D eigenvalue weighted by Crippen LogP contribution is 2.19. The van der Waals surface area contributed by atoms with E-state index < -0.39 is 5.60 Å². The van der Waals surface area contributed by atoms with E-state index in [2.05, 4.69) is 10.6 Å². The monoisotopic (exact) mass is 228 g/mol. The number of carbonyl (C=O) groups excluding carboxylic acids is 1. The summed E-state index contributed by atoms with van der Waals surface area (Å²) in [6.45, 7) is 10.3. The molecule has 1 fully saturated rings. The minimum atomic E-state index is -0.440. The Bertz CT molecular complexity index is 252. The van der Waals surface area contributed by atoms with Crippen LogP contribution in [-0.2, 0) is 4.74 Å². The topological polar surface area (TPSA) is 50.4 Å². The largest absolute Gasteiger partial charge is 0.444 e. The smallest absolute Gasteiger partial charge is 0.408 e. The Kier molecular flexibility index (Phi) is 3.84. The van der Waals surface area contributed by atoms with Crippen molar-refractivity contribution in [2.45, 2.75) is 64.6 Å². The molecule has 0 aromatic rings. The summed E-state index contributed by atoms with van der Waals surface area (Å²) in [6, 6.07) is 0.653. The van der Waals surface area contributed by atoms with Gasteiger partial charge in [0.05, 0.1) is 5.54 Å². The van der Waals surface area contributed by atoms with E-state index in [0.29, 0.717) is 6.04 Å². The standard InChI is InChI=1S/C12H24N2O2/c1-11(2,3)16-10(15)14-12(4,5)8-13-9-6-7-9/h9,13H,6-8H2,1-5H3,(H,14,15). The number of nitrogens with one attached hydrogen (secondary N) is 2. The molecule has 1 amide bonds. The minimum absolute atomic E-state index is 0.273. The van der Waals surface area contributed by atoms with Gasteiger partial charge >= 0.3 is 6.09 Å². The summed E-state index contributed by atoms with van der Waals surface area (Å²) in [7, 11) is 0. The maximum atomic E-state index is 11.6. The van der Waals surface area contributed by atoms with Crippen molar-refractivity contribution >= 4 is 6.09 Å². The Hall–Kier alpha value is -0.770. The lowest BCUT2D eigenvalue weighted by Gasteiger charge is -2.29. The number of ether oxygens (including phenoxy) is 1. The third-order valence-corrected chi connectivity index (χ3v) is 2.25. The predicted octanol–water partition coefficient (Wildman–Crippen LogP) is 2.04. The second-order valence-corrected chi connectivity index (χ2v) is 6.17. The van der Waals surface area contributed by atoms with E-state index in [-0.39, 0.29) is 11.6 Å². The Morgan fingerprint density at radius 2 is 1.81 bits per heavy atom. The third kappa shape index (κ3) is 5.95. The molecular formula is C12H24N2O2. The lowest BCUT2D eigenvalue weighted by molar-refractivity contribution is 0.0472. The van der Waals surface area contributed by atoms with Crippen molar-refractivity contribution in [3.05, 3.63) is 0 Å².